The molecule has 0 heterocycles. The Balaban J connectivity index is 2.41. The van der Waals surface area contributed by atoms with Gasteiger partial charge < -0.3 is 9.64 Å². The largest absolute Gasteiger partial charge is 0.497 e. The van der Waals surface area contributed by atoms with E-state index < -0.39 is 0 Å². The van der Waals surface area contributed by atoms with E-state index in [1.165, 1.54) is 0 Å². The zero-order valence-electron chi connectivity index (χ0n) is 18.7. The Morgan fingerprint density at radius 2 is 1.47 bits per heavy atom. The molecule has 0 saturated heterocycles. The summed E-state index contributed by atoms with van der Waals surface area (Å²) in [6.07, 6.45) is 0. The summed E-state index contributed by atoms with van der Waals surface area (Å²) in [6, 6.07) is 14.7. The molecular weight excluding hydrogens is 378 g/mol. The molecule has 0 radical (unpaired) electrons. The van der Waals surface area contributed by atoms with Crippen molar-refractivity contribution in [3.05, 3.63) is 54.1 Å². The summed E-state index contributed by atoms with van der Waals surface area (Å²) < 4.78 is 5.35. The highest BCUT2D eigenvalue weighted by Gasteiger charge is 2.21. The molecule has 2 aromatic rings. The Kier molecular flexibility index (Phi) is 8.87. The maximum atomic E-state index is 13.3. The fraction of sp³-hybridized carbons (Fsp3) is 0.417. The number of methoxy groups -OCH3 is 1. The SMILES string of the molecule is CCN(CC)CC(=O)N(c1ccc(C(=O)N(CC)CC)cc1)c1cccc(OC)c1. The predicted octanol–water partition coefficient (Wildman–Crippen LogP) is 4.18. The highest BCUT2D eigenvalue weighted by Crippen LogP contribution is 2.29. The monoisotopic (exact) mass is 411 g/mol. The van der Waals surface area contributed by atoms with Crippen LogP contribution in [0.4, 0.5) is 11.4 Å². The van der Waals surface area contributed by atoms with Crippen LogP contribution in [0.5, 0.6) is 5.75 Å². The van der Waals surface area contributed by atoms with Gasteiger partial charge in [-0.1, -0.05) is 19.9 Å². The first-order chi connectivity index (χ1) is 14.5. The van der Waals surface area contributed by atoms with Gasteiger partial charge >= 0.3 is 0 Å². The second-order valence-corrected chi connectivity index (χ2v) is 6.92. The molecule has 2 rings (SSSR count). The van der Waals surface area contributed by atoms with Gasteiger partial charge in [0.05, 0.1) is 19.3 Å². The van der Waals surface area contributed by atoms with Gasteiger partial charge in [0.2, 0.25) is 5.91 Å². The first kappa shape index (κ1) is 23.4. The number of benzene rings is 2. The second kappa shape index (κ2) is 11.4. The lowest BCUT2D eigenvalue weighted by Gasteiger charge is -2.27. The Morgan fingerprint density at radius 1 is 0.833 bits per heavy atom. The molecule has 0 aromatic heterocycles. The van der Waals surface area contributed by atoms with E-state index in [0.29, 0.717) is 30.9 Å². The van der Waals surface area contributed by atoms with Gasteiger partial charge in [0.15, 0.2) is 0 Å². The minimum Gasteiger partial charge on any atom is -0.497 e. The first-order valence-corrected chi connectivity index (χ1v) is 10.6. The average molecular weight is 412 g/mol. The number of rotatable bonds is 10. The average Bonchev–Trinajstić information content (AvgIpc) is 2.79. The molecule has 0 unspecified atom stereocenters. The van der Waals surface area contributed by atoms with Crippen LogP contribution in [0.15, 0.2) is 48.5 Å². The standard InChI is InChI=1S/C24H33N3O3/c1-6-25(7-2)18-23(28)27(21-11-10-12-22(17-21)30-5)20-15-13-19(14-16-20)24(29)26(8-3)9-4/h10-17H,6-9,18H2,1-5H3. The highest BCUT2D eigenvalue weighted by atomic mass is 16.5. The third-order valence-electron chi connectivity index (χ3n) is 5.24. The zero-order chi connectivity index (χ0) is 22.1. The van der Waals surface area contributed by atoms with Crippen molar-refractivity contribution >= 4 is 23.2 Å². The summed E-state index contributed by atoms with van der Waals surface area (Å²) in [4.78, 5) is 31.4. The van der Waals surface area contributed by atoms with E-state index in [2.05, 4.69) is 4.90 Å². The van der Waals surface area contributed by atoms with Gasteiger partial charge in [-0.2, -0.15) is 0 Å². The van der Waals surface area contributed by atoms with Gasteiger partial charge in [0, 0.05) is 30.4 Å². The number of carbonyl (C=O) groups excluding carboxylic acids is 2. The van der Waals surface area contributed by atoms with E-state index in [-0.39, 0.29) is 11.8 Å². The number of anilines is 2. The molecule has 2 aromatic carbocycles. The molecule has 30 heavy (non-hydrogen) atoms. The van der Waals surface area contributed by atoms with Crippen LogP contribution in [0.25, 0.3) is 0 Å². The summed E-state index contributed by atoms with van der Waals surface area (Å²) in [7, 11) is 1.61. The summed E-state index contributed by atoms with van der Waals surface area (Å²) in [5.41, 5.74) is 2.06. The van der Waals surface area contributed by atoms with E-state index >= 15 is 0 Å². The van der Waals surface area contributed by atoms with E-state index in [1.807, 2.05) is 64.1 Å². The Hall–Kier alpha value is -2.86. The fourth-order valence-corrected chi connectivity index (χ4v) is 3.34. The van der Waals surface area contributed by atoms with E-state index in [9.17, 15) is 9.59 Å². The van der Waals surface area contributed by atoms with Crippen LogP contribution in [0.3, 0.4) is 0 Å². The van der Waals surface area contributed by atoms with Crippen LogP contribution < -0.4 is 9.64 Å². The maximum absolute atomic E-state index is 13.3. The van der Waals surface area contributed by atoms with Crippen LogP contribution in [-0.2, 0) is 4.79 Å². The van der Waals surface area contributed by atoms with Crippen molar-refractivity contribution in [1.29, 1.82) is 0 Å². The van der Waals surface area contributed by atoms with Gasteiger partial charge in [-0.15, -0.1) is 0 Å². The third-order valence-corrected chi connectivity index (χ3v) is 5.24. The minimum absolute atomic E-state index is 0.00560. The van der Waals surface area contributed by atoms with E-state index in [0.717, 1.165) is 24.5 Å². The van der Waals surface area contributed by atoms with Gasteiger partial charge in [-0.25, -0.2) is 0 Å². The second-order valence-electron chi connectivity index (χ2n) is 6.92. The van der Waals surface area contributed by atoms with Crippen molar-refractivity contribution in [2.75, 3.05) is 44.7 Å². The number of nitrogens with zero attached hydrogens (tertiary/aromatic N) is 3. The predicted molar refractivity (Wildman–Crippen MR) is 122 cm³/mol. The zero-order valence-corrected chi connectivity index (χ0v) is 18.7. The van der Waals surface area contributed by atoms with E-state index in [1.54, 1.807) is 29.0 Å². The van der Waals surface area contributed by atoms with Crippen LogP contribution >= 0.6 is 0 Å². The summed E-state index contributed by atoms with van der Waals surface area (Å²) in [6.45, 7) is 11.2. The maximum Gasteiger partial charge on any atom is 0.253 e. The quantitative estimate of drug-likeness (QED) is 0.588. The molecule has 0 bridgehead atoms. The minimum atomic E-state index is -0.0326. The molecular formula is C24H33N3O3. The van der Waals surface area contributed by atoms with Crippen LogP contribution in [0.1, 0.15) is 38.1 Å². The lowest BCUT2D eigenvalue weighted by Crippen LogP contribution is -2.38. The van der Waals surface area contributed by atoms with Crippen molar-refractivity contribution in [1.82, 2.24) is 9.80 Å². The molecule has 0 saturated carbocycles. The number of amides is 2. The molecule has 0 aliphatic rings. The number of carbonyl (C=O) groups is 2. The summed E-state index contributed by atoms with van der Waals surface area (Å²) in [5, 5.41) is 0. The van der Waals surface area contributed by atoms with Gasteiger partial charge in [0.25, 0.3) is 5.91 Å². The van der Waals surface area contributed by atoms with Crippen LogP contribution in [0, 0.1) is 0 Å². The van der Waals surface area contributed by atoms with E-state index in [4.69, 9.17) is 4.74 Å². The molecule has 0 aliphatic heterocycles. The smallest absolute Gasteiger partial charge is 0.253 e. The number of likely N-dealkylation sites (N-methyl/N-ethyl adjacent to an activating group) is 1. The molecule has 0 spiro atoms. The third kappa shape index (κ3) is 5.60. The molecule has 6 heteroatoms. The normalized spacial score (nSPS) is 10.7. The molecule has 2 amide bonds. The molecule has 6 nitrogen and oxygen atoms in total. The number of hydrogen-bond acceptors (Lipinski definition) is 4. The molecule has 0 atom stereocenters. The van der Waals surface area contributed by atoms with Crippen molar-refractivity contribution in [2.45, 2.75) is 27.7 Å². The molecule has 0 aliphatic carbocycles. The van der Waals surface area contributed by atoms with Crippen LogP contribution in [0.2, 0.25) is 0 Å². The Bertz CT molecular complexity index is 828. The highest BCUT2D eigenvalue weighted by molar-refractivity contribution is 6.02. The van der Waals surface area contributed by atoms with Gasteiger partial charge in [0.1, 0.15) is 5.75 Å². The number of ether oxygens (including phenoxy) is 1. The van der Waals surface area contributed by atoms with Crippen molar-refractivity contribution in [2.24, 2.45) is 0 Å². The fourth-order valence-electron chi connectivity index (χ4n) is 3.34. The number of hydrogen-bond donors (Lipinski definition) is 0. The molecule has 162 valence electrons. The molecule has 0 fully saturated rings. The van der Waals surface area contributed by atoms with Crippen LogP contribution in [-0.4, -0.2) is 61.4 Å². The van der Waals surface area contributed by atoms with Crippen molar-refractivity contribution < 1.29 is 14.3 Å². The lowest BCUT2D eigenvalue weighted by molar-refractivity contribution is -0.119. The molecule has 0 N–H and O–H groups in total. The summed E-state index contributed by atoms with van der Waals surface area (Å²) >= 11 is 0. The van der Waals surface area contributed by atoms with Crippen molar-refractivity contribution in [3.8, 4) is 5.75 Å². The van der Waals surface area contributed by atoms with Gasteiger partial charge in [-0.3, -0.25) is 19.4 Å². The Morgan fingerprint density at radius 3 is 2.00 bits per heavy atom. The van der Waals surface area contributed by atoms with Crippen molar-refractivity contribution in [3.63, 3.8) is 0 Å². The Labute approximate surface area is 180 Å². The first-order valence-electron chi connectivity index (χ1n) is 10.6. The summed E-state index contributed by atoms with van der Waals surface area (Å²) in [5.74, 6) is 0.644. The topological polar surface area (TPSA) is 53.1 Å². The van der Waals surface area contributed by atoms with Gasteiger partial charge in [-0.05, 0) is 63.3 Å². The lowest BCUT2D eigenvalue weighted by atomic mass is 10.1.